The summed E-state index contributed by atoms with van der Waals surface area (Å²) < 4.78 is 2.21. The molecule has 0 spiro atoms. The van der Waals surface area contributed by atoms with Crippen molar-refractivity contribution in [1.29, 1.82) is 0 Å². The fourth-order valence-electron chi connectivity index (χ4n) is 2.62. The van der Waals surface area contributed by atoms with Crippen LogP contribution >= 0.6 is 0 Å². The van der Waals surface area contributed by atoms with E-state index in [2.05, 4.69) is 27.5 Å². The zero-order valence-corrected chi connectivity index (χ0v) is 12.3. The minimum absolute atomic E-state index is 0.172. The largest absolute Gasteiger partial charge is 0.328 e. The minimum atomic E-state index is -0.172. The Morgan fingerprint density at radius 2 is 2.00 bits per heavy atom. The lowest BCUT2D eigenvalue weighted by atomic mass is 10.1. The van der Waals surface area contributed by atoms with Gasteiger partial charge >= 0.3 is 0 Å². The molecule has 3 aromatic rings. The first-order chi connectivity index (χ1) is 10.2. The number of nitrogens with two attached hydrogens (primary N) is 1. The molecule has 1 aromatic carbocycles. The maximum atomic E-state index is 6.30. The molecule has 2 aromatic heterocycles. The lowest BCUT2D eigenvalue weighted by Gasteiger charge is -2.12. The molecule has 1 unspecified atom stereocenters. The molecule has 5 heteroatoms. The highest BCUT2D eigenvalue weighted by Crippen LogP contribution is 2.20. The van der Waals surface area contributed by atoms with E-state index in [0.717, 1.165) is 34.9 Å². The summed E-state index contributed by atoms with van der Waals surface area (Å²) >= 11 is 0. The molecular weight excluding hydrogens is 262 g/mol. The maximum absolute atomic E-state index is 6.30. The third-order valence-electron chi connectivity index (χ3n) is 3.63. The second-order valence-corrected chi connectivity index (χ2v) is 5.10. The van der Waals surface area contributed by atoms with Gasteiger partial charge in [-0.3, -0.25) is 0 Å². The summed E-state index contributed by atoms with van der Waals surface area (Å²) in [5, 5.41) is 0. The third kappa shape index (κ3) is 2.64. The Labute approximate surface area is 123 Å². The highest BCUT2D eigenvalue weighted by molar-refractivity contribution is 5.75. The summed E-state index contributed by atoms with van der Waals surface area (Å²) in [7, 11) is 0. The predicted octanol–water partition coefficient (Wildman–Crippen LogP) is 2.40. The number of fused-ring (bicyclic) bond motifs is 1. The molecule has 2 N–H and O–H groups in total. The highest BCUT2D eigenvalue weighted by Gasteiger charge is 2.15. The summed E-state index contributed by atoms with van der Waals surface area (Å²) in [6.45, 7) is 4.88. The van der Waals surface area contributed by atoms with Crippen LogP contribution in [-0.2, 0) is 13.0 Å². The normalized spacial score (nSPS) is 12.7. The van der Waals surface area contributed by atoms with E-state index < -0.39 is 0 Å². The van der Waals surface area contributed by atoms with Crippen molar-refractivity contribution < 1.29 is 0 Å². The van der Waals surface area contributed by atoms with Crippen molar-refractivity contribution in [2.75, 3.05) is 0 Å². The van der Waals surface area contributed by atoms with Gasteiger partial charge in [0.1, 0.15) is 11.6 Å². The first-order valence-electron chi connectivity index (χ1n) is 7.18. The molecule has 2 heterocycles. The Kier molecular flexibility index (Phi) is 3.66. The predicted molar refractivity (Wildman–Crippen MR) is 82.8 cm³/mol. The van der Waals surface area contributed by atoms with Crippen molar-refractivity contribution in [1.82, 2.24) is 19.5 Å². The molecule has 0 radical (unpaired) electrons. The molecule has 1 atom stereocenters. The highest BCUT2D eigenvalue weighted by atomic mass is 15.1. The van der Waals surface area contributed by atoms with Crippen LogP contribution in [0.4, 0.5) is 0 Å². The van der Waals surface area contributed by atoms with Crippen LogP contribution in [0.3, 0.4) is 0 Å². The summed E-state index contributed by atoms with van der Waals surface area (Å²) in [6.07, 6.45) is 2.42. The number of hydrogen-bond donors (Lipinski definition) is 1. The minimum Gasteiger partial charge on any atom is -0.328 e. The van der Waals surface area contributed by atoms with E-state index in [4.69, 9.17) is 10.7 Å². The second-order valence-electron chi connectivity index (χ2n) is 5.10. The molecule has 0 aliphatic rings. The van der Waals surface area contributed by atoms with Gasteiger partial charge in [-0.2, -0.15) is 0 Å². The first kappa shape index (κ1) is 13.7. The van der Waals surface area contributed by atoms with Crippen molar-refractivity contribution in [3.8, 4) is 0 Å². The fraction of sp³-hybridized carbons (Fsp3) is 0.312. The number of aryl methyl sites for hydroxylation is 2. The number of nitrogens with zero attached hydrogens (tertiary/aromatic N) is 4. The van der Waals surface area contributed by atoms with Crippen molar-refractivity contribution in [2.45, 2.75) is 32.9 Å². The van der Waals surface area contributed by atoms with Gasteiger partial charge in [0.2, 0.25) is 0 Å². The molecule has 108 valence electrons. The van der Waals surface area contributed by atoms with Gasteiger partial charge in [-0.15, -0.1) is 0 Å². The average Bonchev–Trinajstić information content (AvgIpc) is 2.84. The summed E-state index contributed by atoms with van der Waals surface area (Å²) in [6, 6.07) is 9.87. The third-order valence-corrected chi connectivity index (χ3v) is 3.63. The summed E-state index contributed by atoms with van der Waals surface area (Å²) in [5.41, 5.74) is 9.32. The Morgan fingerprint density at radius 3 is 2.76 bits per heavy atom. The van der Waals surface area contributed by atoms with E-state index in [1.54, 1.807) is 6.20 Å². The number of rotatable bonds is 4. The maximum Gasteiger partial charge on any atom is 0.125 e. The van der Waals surface area contributed by atoms with Gasteiger partial charge in [0.15, 0.2) is 0 Å². The average molecular weight is 281 g/mol. The van der Waals surface area contributed by atoms with E-state index in [1.807, 2.05) is 31.2 Å². The molecule has 0 amide bonds. The van der Waals surface area contributed by atoms with E-state index >= 15 is 0 Å². The molecule has 0 aliphatic carbocycles. The zero-order chi connectivity index (χ0) is 14.8. The van der Waals surface area contributed by atoms with E-state index in [9.17, 15) is 0 Å². The van der Waals surface area contributed by atoms with Crippen LogP contribution in [0, 0.1) is 6.92 Å². The molecule has 5 nitrogen and oxygen atoms in total. The van der Waals surface area contributed by atoms with Crippen molar-refractivity contribution in [3.63, 3.8) is 0 Å². The molecule has 21 heavy (non-hydrogen) atoms. The Bertz CT molecular complexity index is 762. The smallest absolute Gasteiger partial charge is 0.125 e. The van der Waals surface area contributed by atoms with Gasteiger partial charge in [-0.1, -0.05) is 12.1 Å². The first-order valence-corrected chi connectivity index (χ1v) is 7.18. The number of benzene rings is 1. The van der Waals surface area contributed by atoms with Crippen LogP contribution in [0.25, 0.3) is 11.0 Å². The van der Waals surface area contributed by atoms with Crippen LogP contribution in [0.1, 0.15) is 30.3 Å². The van der Waals surface area contributed by atoms with E-state index in [-0.39, 0.29) is 6.04 Å². The molecule has 0 fully saturated rings. The summed E-state index contributed by atoms with van der Waals surface area (Å²) in [4.78, 5) is 13.2. The lowest BCUT2D eigenvalue weighted by Crippen LogP contribution is -2.18. The number of imidazole rings is 1. The molecule has 0 saturated carbocycles. The lowest BCUT2D eigenvalue weighted by molar-refractivity contribution is 0.622. The molecule has 0 saturated heterocycles. The quantitative estimate of drug-likeness (QED) is 0.797. The molecule has 3 rings (SSSR count). The number of para-hydroxylation sites is 2. The van der Waals surface area contributed by atoms with Crippen LogP contribution in [-0.4, -0.2) is 19.5 Å². The van der Waals surface area contributed by atoms with Gasteiger partial charge in [0.05, 0.1) is 22.8 Å². The van der Waals surface area contributed by atoms with Gasteiger partial charge < -0.3 is 10.3 Å². The van der Waals surface area contributed by atoms with Crippen LogP contribution < -0.4 is 5.73 Å². The Balaban J connectivity index is 1.94. The SMILES string of the molecule is CCn1c(CC(N)c2ccnc(C)n2)nc2ccccc21. The van der Waals surface area contributed by atoms with Crippen LogP contribution in [0.15, 0.2) is 36.5 Å². The van der Waals surface area contributed by atoms with Gasteiger partial charge in [0.25, 0.3) is 0 Å². The zero-order valence-electron chi connectivity index (χ0n) is 12.3. The van der Waals surface area contributed by atoms with E-state index in [0.29, 0.717) is 6.42 Å². The van der Waals surface area contributed by atoms with Crippen LogP contribution in [0.5, 0.6) is 0 Å². The van der Waals surface area contributed by atoms with Gasteiger partial charge in [-0.05, 0) is 32.0 Å². The fourth-order valence-corrected chi connectivity index (χ4v) is 2.62. The number of hydrogen-bond acceptors (Lipinski definition) is 4. The summed E-state index contributed by atoms with van der Waals surface area (Å²) in [5.74, 6) is 1.74. The number of aromatic nitrogens is 4. The monoisotopic (exact) mass is 281 g/mol. The second kappa shape index (κ2) is 5.61. The molecule has 0 aliphatic heterocycles. The van der Waals surface area contributed by atoms with Crippen LogP contribution in [0.2, 0.25) is 0 Å². The van der Waals surface area contributed by atoms with Crippen molar-refractivity contribution in [3.05, 3.63) is 53.9 Å². The Morgan fingerprint density at radius 1 is 1.19 bits per heavy atom. The van der Waals surface area contributed by atoms with Gasteiger partial charge in [0, 0.05) is 19.2 Å². The molecular formula is C16H19N5. The van der Waals surface area contributed by atoms with E-state index in [1.165, 1.54) is 0 Å². The van der Waals surface area contributed by atoms with Gasteiger partial charge in [-0.25, -0.2) is 15.0 Å². The molecule has 0 bridgehead atoms. The Hall–Kier alpha value is -2.27. The topological polar surface area (TPSA) is 69.6 Å². The van der Waals surface area contributed by atoms with Crippen molar-refractivity contribution in [2.24, 2.45) is 5.73 Å². The standard InChI is InChI=1S/C16H19N5/c1-3-21-15-7-5-4-6-14(15)20-16(21)10-12(17)13-8-9-18-11(2)19-13/h4-9,12H,3,10,17H2,1-2H3. The van der Waals surface area contributed by atoms with Crippen molar-refractivity contribution >= 4 is 11.0 Å².